The van der Waals surface area contributed by atoms with Crippen molar-refractivity contribution < 1.29 is 31.2 Å². The molecule has 2 rings (SSSR count). The van der Waals surface area contributed by atoms with Gasteiger partial charge in [-0.1, -0.05) is 18.2 Å². The summed E-state index contributed by atoms with van der Waals surface area (Å²) in [7, 11) is -0.795. The van der Waals surface area contributed by atoms with Crippen LogP contribution in [-0.4, -0.2) is 38.6 Å². The van der Waals surface area contributed by atoms with Crippen LogP contribution in [0.1, 0.15) is 11.1 Å². The van der Waals surface area contributed by atoms with E-state index in [1.807, 2.05) is 0 Å². The fourth-order valence-corrected chi connectivity index (χ4v) is 3.12. The first-order valence-corrected chi connectivity index (χ1v) is 9.63. The minimum Gasteiger partial charge on any atom is -0.344 e. The van der Waals surface area contributed by atoms with Crippen LogP contribution in [0.4, 0.5) is 18.9 Å². The first kappa shape index (κ1) is 22.4. The third kappa shape index (κ3) is 5.78. The van der Waals surface area contributed by atoms with Gasteiger partial charge in [-0.3, -0.25) is 9.59 Å². The van der Waals surface area contributed by atoms with Crippen molar-refractivity contribution in [2.75, 3.05) is 19.4 Å². The minimum absolute atomic E-state index is 0.0693. The van der Waals surface area contributed by atoms with Gasteiger partial charge < -0.3 is 10.6 Å². The van der Waals surface area contributed by atoms with E-state index in [2.05, 4.69) is 10.6 Å². The smallest absolute Gasteiger partial charge is 0.344 e. The van der Waals surface area contributed by atoms with Crippen molar-refractivity contribution in [1.82, 2.24) is 9.62 Å². The largest absolute Gasteiger partial charge is 0.416 e. The molecule has 7 nitrogen and oxygen atoms in total. The summed E-state index contributed by atoms with van der Waals surface area (Å²) >= 11 is 0. The van der Waals surface area contributed by atoms with Crippen molar-refractivity contribution in [2.24, 2.45) is 0 Å². The van der Waals surface area contributed by atoms with Crippen molar-refractivity contribution in [1.29, 1.82) is 0 Å². The number of nitrogens with one attached hydrogen (secondary N) is 2. The maximum atomic E-state index is 12.7. The second kappa shape index (κ2) is 8.62. The molecule has 2 N–H and O–H groups in total. The highest BCUT2D eigenvalue weighted by atomic mass is 32.2. The van der Waals surface area contributed by atoms with Gasteiger partial charge in [0.15, 0.2) is 0 Å². The number of carbonyl (C=O) groups excluding carboxylic acids is 2. The van der Waals surface area contributed by atoms with Crippen molar-refractivity contribution in [3.8, 4) is 0 Å². The maximum Gasteiger partial charge on any atom is 0.416 e. The molecule has 29 heavy (non-hydrogen) atoms. The number of amides is 2. The minimum atomic E-state index is -4.57. The number of benzene rings is 2. The Kier molecular flexibility index (Phi) is 6.65. The van der Waals surface area contributed by atoms with E-state index < -0.39 is 33.6 Å². The number of alkyl halides is 3. The van der Waals surface area contributed by atoms with E-state index in [0.29, 0.717) is 5.56 Å². The van der Waals surface area contributed by atoms with Crippen LogP contribution in [0.2, 0.25) is 0 Å². The van der Waals surface area contributed by atoms with Gasteiger partial charge in [0.2, 0.25) is 10.0 Å². The first-order chi connectivity index (χ1) is 13.4. The van der Waals surface area contributed by atoms with Gasteiger partial charge in [0.1, 0.15) is 0 Å². The Labute approximate surface area is 165 Å². The zero-order valence-electron chi connectivity index (χ0n) is 15.4. The lowest BCUT2D eigenvalue weighted by Gasteiger charge is -2.12. The van der Waals surface area contributed by atoms with Gasteiger partial charge in [0.25, 0.3) is 0 Å². The molecule has 0 saturated carbocycles. The molecule has 0 aliphatic rings. The first-order valence-electron chi connectivity index (χ1n) is 8.19. The topological polar surface area (TPSA) is 95.6 Å². The molecule has 0 atom stereocenters. The maximum absolute atomic E-state index is 12.7. The van der Waals surface area contributed by atoms with Crippen LogP contribution >= 0.6 is 0 Å². The third-order valence-electron chi connectivity index (χ3n) is 3.81. The predicted molar refractivity (Wildman–Crippen MR) is 99.2 cm³/mol. The molecular formula is C18H18F3N3O4S. The number of hydrogen-bond acceptors (Lipinski definition) is 4. The molecule has 0 aliphatic heterocycles. The summed E-state index contributed by atoms with van der Waals surface area (Å²) in [6.07, 6.45) is -4.57. The number of carbonyl (C=O) groups is 2. The molecule has 11 heteroatoms. The Hall–Kier alpha value is -2.92. The fraction of sp³-hybridized carbons (Fsp3) is 0.222. The lowest BCUT2D eigenvalue weighted by atomic mass is 10.2. The SMILES string of the molecule is CN(C)S(=O)(=O)c1ccc(CNC(=O)C(=O)Nc2cccc(C(F)(F)F)c2)cc1. The number of anilines is 1. The van der Waals surface area contributed by atoms with Gasteiger partial charge in [-0.25, -0.2) is 12.7 Å². The molecule has 0 radical (unpaired) electrons. The normalized spacial score (nSPS) is 11.9. The second-order valence-corrected chi connectivity index (χ2v) is 8.30. The van der Waals surface area contributed by atoms with Crippen molar-refractivity contribution in [2.45, 2.75) is 17.6 Å². The van der Waals surface area contributed by atoms with Crippen LogP contribution in [0.3, 0.4) is 0 Å². The third-order valence-corrected chi connectivity index (χ3v) is 5.64. The molecule has 0 spiro atoms. The standard InChI is InChI=1S/C18H18F3N3O4S/c1-24(2)29(27,28)15-8-6-12(7-9-15)11-22-16(25)17(26)23-14-5-3-4-13(10-14)18(19,20)21/h3-10H,11H2,1-2H3,(H,22,25)(H,23,26). The highest BCUT2D eigenvalue weighted by Gasteiger charge is 2.30. The summed E-state index contributed by atoms with van der Waals surface area (Å²) in [6, 6.07) is 9.57. The monoisotopic (exact) mass is 429 g/mol. The van der Waals surface area contributed by atoms with E-state index in [9.17, 15) is 31.2 Å². The lowest BCUT2D eigenvalue weighted by Crippen LogP contribution is -2.35. The van der Waals surface area contributed by atoms with Gasteiger partial charge in [-0.05, 0) is 35.9 Å². The zero-order valence-corrected chi connectivity index (χ0v) is 16.3. The highest BCUT2D eigenvalue weighted by molar-refractivity contribution is 7.89. The fourth-order valence-electron chi connectivity index (χ4n) is 2.21. The van der Waals surface area contributed by atoms with Crippen LogP contribution in [0.25, 0.3) is 0 Å². The molecule has 0 saturated heterocycles. The van der Waals surface area contributed by atoms with E-state index in [1.54, 1.807) is 0 Å². The number of rotatable bonds is 5. The van der Waals surface area contributed by atoms with Gasteiger partial charge in [0, 0.05) is 26.3 Å². The zero-order chi connectivity index (χ0) is 21.8. The van der Waals surface area contributed by atoms with Crippen molar-refractivity contribution in [3.05, 3.63) is 59.7 Å². The Morgan fingerprint density at radius 3 is 2.17 bits per heavy atom. The van der Waals surface area contributed by atoms with Gasteiger partial charge >= 0.3 is 18.0 Å². The number of nitrogens with zero attached hydrogens (tertiary/aromatic N) is 1. The summed E-state index contributed by atoms with van der Waals surface area (Å²) in [5.41, 5.74) is -0.593. The lowest BCUT2D eigenvalue weighted by molar-refractivity contribution is -0.137. The van der Waals surface area contributed by atoms with Crippen LogP contribution in [-0.2, 0) is 32.3 Å². The Morgan fingerprint density at radius 2 is 1.62 bits per heavy atom. The van der Waals surface area contributed by atoms with Crippen molar-refractivity contribution >= 4 is 27.5 Å². The van der Waals surface area contributed by atoms with E-state index in [-0.39, 0.29) is 17.1 Å². The Balaban J connectivity index is 1.96. The average Bonchev–Trinajstić information content (AvgIpc) is 2.65. The number of halogens is 3. The van der Waals surface area contributed by atoms with Crippen LogP contribution < -0.4 is 10.6 Å². The molecule has 2 aromatic rings. The van der Waals surface area contributed by atoms with E-state index in [0.717, 1.165) is 22.5 Å². The molecule has 0 unspecified atom stereocenters. The van der Waals surface area contributed by atoms with E-state index in [4.69, 9.17) is 0 Å². The molecule has 2 aromatic carbocycles. The molecule has 2 amide bonds. The molecule has 0 aromatic heterocycles. The van der Waals surface area contributed by atoms with Gasteiger partial charge in [-0.2, -0.15) is 13.2 Å². The summed E-state index contributed by atoms with van der Waals surface area (Å²) in [6.45, 7) is -0.0723. The summed E-state index contributed by atoms with van der Waals surface area (Å²) in [4.78, 5) is 23.8. The van der Waals surface area contributed by atoms with Crippen molar-refractivity contribution in [3.63, 3.8) is 0 Å². The molecule has 0 aliphatic carbocycles. The van der Waals surface area contributed by atoms with Crippen LogP contribution in [0.15, 0.2) is 53.4 Å². The van der Waals surface area contributed by atoms with Crippen LogP contribution in [0, 0.1) is 0 Å². The highest BCUT2D eigenvalue weighted by Crippen LogP contribution is 2.30. The number of hydrogen-bond donors (Lipinski definition) is 2. The Bertz CT molecular complexity index is 1000. The molecular weight excluding hydrogens is 411 g/mol. The van der Waals surface area contributed by atoms with Gasteiger partial charge in [-0.15, -0.1) is 0 Å². The quantitative estimate of drug-likeness (QED) is 0.713. The average molecular weight is 429 g/mol. The molecule has 0 fully saturated rings. The Morgan fingerprint density at radius 1 is 1.00 bits per heavy atom. The molecule has 0 bridgehead atoms. The summed E-state index contributed by atoms with van der Waals surface area (Å²) in [5, 5.41) is 4.41. The van der Waals surface area contributed by atoms with Crippen LogP contribution in [0.5, 0.6) is 0 Å². The van der Waals surface area contributed by atoms with Gasteiger partial charge in [0.05, 0.1) is 10.5 Å². The second-order valence-electron chi connectivity index (χ2n) is 6.15. The van der Waals surface area contributed by atoms with E-state index in [1.165, 1.54) is 44.4 Å². The predicted octanol–water partition coefficient (Wildman–Crippen LogP) is 2.21. The molecule has 0 heterocycles. The van der Waals surface area contributed by atoms with E-state index >= 15 is 0 Å². The summed E-state index contributed by atoms with van der Waals surface area (Å²) < 4.78 is 63.1. The summed E-state index contributed by atoms with van der Waals surface area (Å²) in [5.74, 6) is -2.18. The molecule has 156 valence electrons. The number of sulfonamides is 1.